The molecule has 0 amide bonds. The van der Waals surface area contributed by atoms with Crippen molar-refractivity contribution in [2.75, 3.05) is 52.4 Å². The van der Waals surface area contributed by atoms with E-state index in [1.807, 2.05) is 0 Å². The third kappa shape index (κ3) is 75.8. The molecule has 4 nitrogen and oxygen atoms in total. The van der Waals surface area contributed by atoms with Gasteiger partial charge in [-0.05, 0) is 0 Å². The van der Waals surface area contributed by atoms with Crippen LogP contribution in [0, 0.1) is 0 Å². The van der Waals surface area contributed by atoms with E-state index in [-0.39, 0.29) is 19.5 Å². The summed E-state index contributed by atoms with van der Waals surface area (Å²) in [5.41, 5.74) is 0. The molecule has 0 aromatic carbocycles. The summed E-state index contributed by atoms with van der Waals surface area (Å²) < 4.78 is 0. The molecule has 0 saturated heterocycles. The van der Waals surface area contributed by atoms with Gasteiger partial charge in [0.1, 0.15) is 0 Å². The average molecular weight is 450 g/mol. The van der Waals surface area contributed by atoms with Crippen LogP contribution in [0.4, 0.5) is 0 Å². The van der Waals surface area contributed by atoms with Crippen LogP contribution in [0.5, 0.6) is 0 Å². The molecule has 0 aliphatic rings. The minimum Gasteiger partial charge on any atom is -0.656 e. The van der Waals surface area contributed by atoms with E-state index in [2.05, 4.69) is 73.9 Å². The maximum Gasteiger partial charge on any atom is 0 e. The first-order valence-corrected chi connectivity index (χ1v) is 9.06. The number of nitrogens with zero attached hydrogens (tertiary/aromatic N) is 4. The molecule has 0 saturated carbocycles. The van der Waals surface area contributed by atoms with Gasteiger partial charge in [0.15, 0.2) is 0 Å². The molecule has 162 valence electrons. The third-order valence-corrected chi connectivity index (χ3v) is 2.07. The first kappa shape index (κ1) is 38.0. The molecule has 0 aromatic rings. The number of hydrogen-bond acceptors (Lipinski definition) is 0. The molecule has 29 heavy (non-hydrogen) atoms. The minimum absolute atomic E-state index is 0. The van der Waals surface area contributed by atoms with E-state index in [9.17, 15) is 0 Å². The van der Waals surface area contributed by atoms with Gasteiger partial charge in [-0.2, -0.15) is 0 Å². The Bertz CT molecular complexity index is 275. The molecular formula is C24H40N4Zn-4. The van der Waals surface area contributed by atoms with Crippen LogP contribution < -0.4 is 0 Å². The van der Waals surface area contributed by atoms with Gasteiger partial charge in [-0.25, -0.2) is 0 Å². The van der Waals surface area contributed by atoms with Gasteiger partial charge in [0.2, 0.25) is 0 Å². The molecule has 0 aliphatic carbocycles. The Balaban J connectivity index is -0.0000000873. The smallest absolute Gasteiger partial charge is 0 e. The quantitative estimate of drug-likeness (QED) is 0.139. The van der Waals surface area contributed by atoms with Crippen molar-refractivity contribution < 1.29 is 19.5 Å². The molecule has 0 atom stereocenters. The van der Waals surface area contributed by atoms with Gasteiger partial charge in [-0.3, -0.25) is 0 Å². The van der Waals surface area contributed by atoms with E-state index in [4.69, 9.17) is 0 Å². The van der Waals surface area contributed by atoms with Crippen molar-refractivity contribution in [2.24, 2.45) is 0 Å². The van der Waals surface area contributed by atoms with Crippen molar-refractivity contribution in [3.05, 3.63) is 123 Å². The summed E-state index contributed by atoms with van der Waals surface area (Å²) in [7, 11) is 0. The topological polar surface area (TPSA) is 56.4 Å². The Labute approximate surface area is 194 Å². The summed E-state index contributed by atoms with van der Waals surface area (Å²) in [6.07, 6.45) is 14.1. The molecule has 0 N–H and O–H groups in total. The zero-order valence-corrected chi connectivity index (χ0v) is 21.4. The van der Waals surface area contributed by atoms with E-state index in [0.29, 0.717) is 0 Å². The summed E-state index contributed by atoms with van der Waals surface area (Å²) >= 11 is 0. The van der Waals surface area contributed by atoms with Gasteiger partial charge >= 0.3 is 0 Å². The second-order valence-electron chi connectivity index (χ2n) is 4.66. The van der Waals surface area contributed by atoms with E-state index < -0.39 is 0 Å². The van der Waals surface area contributed by atoms with E-state index in [1.54, 1.807) is 48.6 Å². The molecule has 5 heteroatoms. The summed E-state index contributed by atoms with van der Waals surface area (Å²) in [6, 6.07) is 0. The van der Waals surface area contributed by atoms with Crippen LogP contribution >= 0.6 is 0 Å². The van der Waals surface area contributed by atoms with Crippen LogP contribution in [0.15, 0.2) is 101 Å². The van der Waals surface area contributed by atoms with Gasteiger partial charge in [0.25, 0.3) is 0 Å². The van der Waals surface area contributed by atoms with Crippen LogP contribution in [0.1, 0.15) is 0 Å². The molecule has 0 fully saturated rings. The Morgan fingerprint density at radius 2 is 0.414 bits per heavy atom. The maximum atomic E-state index is 3.97. The normalized spacial score (nSPS) is 7.72. The predicted molar refractivity (Wildman–Crippen MR) is 134 cm³/mol. The van der Waals surface area contributed by atoms with Crippen molar-refractivity contribution in [1.29, 1.82) is 0 Å². The van der Waals surface area contributed by atoms with Gasteiger partial charge < -0.3 is 21.3 Å². The fourth-order valence-electron chi connectivity index (χ4n) is 1.03. The standard InChI is InChI=1S/4C6H10N.Zn/c4*1-3-5-7-6-4-2;/h4*3-4H,1-2,5-6H2;/q4*-1;. The monoisotopic (exact) mass is 448 g/mol. The second-order valence-corrected chi connectivity index (χ2v) is 4.66. The maximum absolute atomic E-state index is 3.97. The molecule has 0 aromatic heterocycles. The Hall–Kier alpha value is -1.62. The summed E-state index contributed by atoms with van der Waals surface area (Å²) in [6.45, 7) is 34.0. The Morgan fingerprint density at radius 3 is 0.483 bits per heavy atom. The molecular weight excluding hydrogens is 410 g/mol. The van der Waals surface area contributed by atoms with Crippen molar-refractivity contribution in [3.8, 4) is 0 Å². The molecule has 0 spiro atoms. The largest absolute Gasteiger partial charge is 0.656 e. The van der Waals surface area contributed by atoms with Crippen molar-refractivity contribution >= 4 is 0 Å². The van der Waals surface area contributed by atoms with Crippen molar-refractivity contribution in [2.45, 2.75) is 0 Å². The summed E-state index contributed by atoms with van der Waals surface area (Å²) in [5, 5.41) is 15.9. The van der Waals surface area contributed by atoms with Crippen LogP contribution in [-0.2, 0) is 19.5 Å². The molecule has 0 unspecified atom stereocenters. The summed E-state index contributed by atoms with van der Waals surface area (Å²) in [5.74, 6) is 0. The Kier molecular flexibility index (Phi) is 66.0. The molecule has 0 aliphatic heterocycles. The average Bonchev–Trinajstić information content (AvgIpc) is 2.71. The Morgan fingerprint density at radius 1 is 0.310 bits per heavy atom. The van der Waals surface area contributed by atoms with Crippen molar-refractivity contribution in [1.82, 2.24) is 0 Å². The molecule has 0 rings (SSSR count). The van der Waals surface area contributed by atoms with E-state index in [1.165, 1.54) is 0 Å². The van der Waals surface area contributed by atoms with Gasteiger partial charge in [0, 0.05) is 19.5 Å². The van der Waals surface area contributed by atoms with Crippen molar-refractivity contribution in [3.63, 3.8) is 0 Å². The van der Waals surface area contributed by atoms with E-state index >= 15 is 0 Å². The number of rotatable bonds is 16. The SMILES string of the molecule is C=CC[N-]CC=C.C=CC[N-]CC=C.C=CC[N-]CC=C.C=CC[N-]CC=C.[Zn]. The molecule has 0 bridgehead atoms. The molecule has 0 radical (unpaired) electrons. The van der Waals surface area contributed by atoms with Crippen LogP contribution in [0.3, 0.4) is 0 Å². The number of hydrogen-bond donors (Lipinski definition) is 0. The molecule has 0 heterocycles. The first-order valence-electron chi connectivity index (χ1n) is 9.06. The van der Waals surface area contributed by atoms with Gasteiger partial charge in [0.05, 0.1) is 0 Å². The van der Waals surface area contributed by atoms with Crippen LogP contribution in [0.2, 0.25) is 0 Å². The van der Waals surface area contributed by atoms with Crippen LogP contribution in [0.25, 0.3) is 21.3 Å². The summed E-state index contributed by atoms with van der Waals surface area (Å²) in [4.78, 5) is 0. The third-order valence-electron chi connectivity index (χ3n) is 2.07. The van der Waals surface area contributed by atoms with Crippen LogP contribution in [-0.4, -0.2) is 52.4 Å². The van der Waals surface area contributed by atoms with E-state index in [0.717, 1.165) is 52.4 Å². The first-order chi connectivity index (χ1) is 13.7. The van der Waals surface area contributed by atoms with Gasteiger partial charge in [-0.15, -0.1) is 154 Å². The zero-order valence-electron chi connectivity index (χ0n) is 18.4. The second kappa shape index (κ2) is 50.3. The van der Waals surface area contributed by atoms with Gasteiger partial charge in [-0.1, -0.05) is 0 Å². The minimum atomic E-state index is 0. The zero-order chi connectivity index (χ0) is 22.1. The fraction of sp³-hybridized carbons (Fsp3) is 0.333. The fourth-order valence-corrected chi connectivity index (χ4v) is 1.03. The predicted octanol–water partition coefficient (Wildman–Crippen LogP) is 6.93.